The van der Waals surface area contributed by atoms with Crippen molar-refractivity contribution in [1.29, 1.82) is 0 Å². The van der Waals surface area contributed by atoms with Crippen molar-refractivity contribution in [3.05, 3.63) is 59.9 Å². The van der Waals surface area contributed by atoms with Gasteiger partial charge in [0.2, 0.25) is 0 Å². The van der Waals surface area contributed by atoms with Crippen LogP contribution >= 0.6 is 12.2 Å². The molecular formula is C23H27N5S. The number of hydrogen-bond donors (Lipinski definition) is 2. The monoisotopic (exact) mass is 405 g/mol. The van der Waals surface area contributed by atoms with E-state index < -0.39 is 0 Å². The van der Waals surface area contributed by atoms with E-state index >= 15 is 0 Å². The fraction of sp³-hybridized carbons (Fsp3) is 0.348. The Hall–Kier alpha value is -2.73. The summed E-state index contributed by atoms with van der Waals surface area (Å²) in [5, 5.41) is 15.9. The van der Waals surface area contributed by atoms with Crippen molar-refractivity contribution in [2.75, 3.05) is 10.6 Å². The Morgan fingerprint density at radius 2 is 1.55 bits per heavy atom. The second kappa shape index (κ2) is 8.74. The molecule has 0 aliphatic carbocycles. The largest absolute Gasteiger partial charge is 0.332 e. The van der Waals surface area contributed by atoms with E-state index in [0.717, 1.165) is 41.6 Å². The molecular weight excluding hydrogens is 378 g/mol. The van der Waals surface area contributed by atoms with Crippen molar-refractivity contribution in [1.82, 2.24) is 14.8 Å². The van der Waals surface area contributed by atoms with Crippen LogP contribution in [0.15, 0.2) is 48.5 Å². The fourth-order valence-electron chi connectivity index (χ4n) is 3.65. The lowest BCUT2D eigenvalue weighted by Crippen LogP contribution is -2.19. The Bertz CT molecular complexity index is 974. The van der Waals surface area contributed by atoms with Gasteiger partial charge in [0, 0.05) is 29.9 Å². The number of fused-ring (bicyclic) bond motifs is 1. The first kappa shape index (κ1) is 19.6. The molecule has 1 aliphatic heterocycles. The summed E-state index contributed by atoms with van der Waals surface area (Å²) < 4.78 is 2.27. The minimum absolute atomic E-state index is 0.521. The molecule has 1 aliphatic rings. The molecule has 0 saturated carbocycles. The normalized spacial score (nSPS) is 13.6. The van der Waals surface area contributed by atoms with E-state index in [0.29, 0.717) is 11.0 Å². The molecule has 0 fully saturated rings. The van der Waals surface area contributed by atoms with Gasteiger partial charge in [-0.3, -0.25) is 0 Å². The Balaban J connectivity index is 1.41. The summed E-state index contributed by atoms with van der Waals surface area (Å²) >= 11 is 5.46. The Morgan fingerprint density at radius 3 is 2.21 bits per heavy atom. The van der Waals surface area contributed by atoms with Gasteiger partial charge in [-0.05, 0) is 72.9 Å². The zero-order chi connectivity index (χ0) is 20.2. The van der Waals surface area contributed by atoms with Crippen LogP contribution in [0.2, 0.25) is 0 Å². The summed E-state index contributed by atoms with van der Waals surface area (Å²) in [5.41, 5.74) is 4.33. The van der Waals surface area contributed by atoms with E-state index in [2.05, 4.69) is 75.6 Å². The lowest BCUT2D eigenvalue weighted by atomic mass is 10.0. The third kappa shape index (κ3) is 4.65. The van der Waals surface area contributed by atoms with Crippen LogP contribution in [0.25, 0.3) is 11.4 Å². The van der Waals surface area contributed by atoms with Crippen LogP contribution in [-0.2, 0) is 13.0 Å². The number of hydrogen-bond acceptors (Lipinski definition) is 3. The highest BCUT2D eigenvalue weighted by molar-refractivity contribution is 7.80. The maximum atomic E-state index is 5.46. The summed E-state index contributed by atoms with van der Waals surface area (Å²) in [6, 6.07) is 16.6. The number of thiocarbonyl (C=S) groups is 1. The Morgan fingerprint density at radius 1 is 0.897 bits per heavy atom. The number of nitrogens with zero attached hydrogens (tertiary/aromatic N) is 3. The molecule has 0 atom stereocenters. The topological polar surface area (TPSA) is 54.8 Å². The molecule has 0 radical (unpaired) electrons. The van der Waals surface area contributed by atoms with E-state index in [9.17, 15) is 0 Å². The Labute approximate surface area is 177 Å². The molecule has 29 heavy (non-hydrogen) atoms. The van der Waals surface area contributed by atoms with Crippen LogP contribution in [-0.4, -0.2) is 19.9 Å². The van der Waals surface area contributed by atoms with Crippen LogP contribution in [0.1, 0.15) is 50.4 Å². The summed E-state index contributed by atoms with van der Waals surface area (Å²) in [5.74, 6) is 2.58. The molecule has 2 aromatic carbocycles. The van der Waals surface area contributed by atoms with Crippen molar-refractivity contribution < 1.29 is 0 Å². The molecule has 2 N–H and O–H groups in total. The maximum Gasteiger partial charge on any atom is 0.175 e. The first-order valence-corrected chi connectivity index (χ1v) is 10.7. The predicted octanol–water partition coefficient (Wildman–Crippen LogP) is 5.60. The van der Waals surface area contributed by atoms with E-state index in [-0.39, 0.29) is 0 Å². The zero-order valence-electron chi connectivity index (χ0n) is 17.0. The molecule has 150 valence electrons. The van der Waals surface area contributed by atoms with Gasteiger partial charge in [0.15, 0.2) is 10.9 Å². The van der Waals surface area contributed by atoms with Crippen molar-refractivity contribution in [3.8, 4) is 11.4 Å². The molecule has 4 rings (SSSR count). The predicted molar refractivity (Wildman–Crippen MR) is 123 cm³/mol. The van der Waals surface area contributed by atoms with E-state index in [1.807, 2.05) is 12.1 Å². The molecule has 0 unspecified atom stereocenters. The Kier molecular flexibility index (Phi) is 5.90. The second-order valence-electron chi connectivity index (χ2n) is 7.84. The third-order valence-electron chi connectivity index (χ3n) is 5.35. The van der Waals surface area contributed by atoms with E-state index in [4.69, 9.17) is 12.2 Å². The van der Waals surface area contributed by atoms with Gasteiger partial charge in [-0.2, -0.15) is 0 Å². The number of anilines is 2. The van der Waals surface area contributed by atoms with E-state index in [1.165, 1.54) is 24.8 Å². The first-order valence-electron chi connectivity index (χ1n) is 10.3. The smallest absolute Gasteiger partial charge is 0.175 e. The standard InChI is InChI=1S/C23H27N5S/c1-16(2)17-7-11-19(12-8-17)24-23(29)25-20-13-9-18(10-14-20)22-27-26-21-6-4-3-5-15-28(21)22/h7-14,16H,3-6,15H2,1-2H3,(H2,24,25,29). The number of aryl methyl sites for hydroxylation is 1. The summed E-state index contributed by atoms with van der Waals surface area (Å²) in [4.78, 5) is 0. The van der Waals surface area contributed by atoms with Gasteiger partial charge in [0.1, 0.15) is 5.82 Å². The maximum absolute atomic E-state index is 5.46. The molecule has 5 nitrogen and oxygen atoms in total. The van der Waals surface area contributed by atoms with Crippen LogP contribution in [0.5, 0.6) is 0 Å². The minimum atomic E-state index is 0.521. The molecule has 2 heterocycles. The van der Waals surface area contributed by atoms with Crippen molar-refractivity contribution in [2.45, 2.75) is 52.0 Å². The van der Waals surface area contributed by atoms with Gasteiger partial charge in [-0.1, -0.05) is 32.4 Å². The lowest BCUT2D eigenvalue weighted by molar-refractivity contribution is 0.636. The highest BCUT2D eigenvalue weighted by atomic mass is 32.1. The van der Waals surface area contributed by atoms with Crippen LogP contribution in [0, 0.1) is 0 Å². The average Bonchev–Trinajstić information content (AvgIpc) is 2.97. The summed E-state index contributed by atoms with van der Waals surface area (Å²) in [7, 11) is 0. The SMILES string of the molecule is CC(C)c1ccc(NC(=S)Nc2ccc(-c3nnc4n3CCCCC4)cc2)cc1. The van der Waals surface area contributed by atoms with E-state index in [1.54, 1.807) is 0 Å². The van der Waals surface area contributed by atoms with Crippen LogP contribution < -0.4 is 10.6 Å². The van der Waals surface area contributed by atoms with Gasteiger partial charge >= 0.3 is 0 Å². The molecule has 1 aromatic heterocycles. The number of nitrogens with one attached hydrogen (secondary N) is 2. The van der Waals surface area contributed by atoms with Gasteiger partial charge < -0.3 is 15.2 Å². The van der Waals surface area contributed by atoms with Crippen LogP contribution in [0.4, 0.5) is 11.4 Å². The highest BCUT2D eigenvalue weighted by Crippen LogP contribution is 2.24. The quantitative estimate of drug-likeness (QED) is 0.553. The van der Waals surface area contributed by atoms with Crippen molar-refractivity contribution in [2.24, 2.45) is 0 Å². The van der Waals surface area contributed by atoms with Gasteiger partial charge in [-0.15, -0.1) is 10.2 Å². The molecule has 0 saturated heterocycles. The van der Waals surface area contributed by atoms with Gasteiger partial charge in [0.25, 0.3) is 0 Å². The average molecular weight is 406 g/mol. The number of aromatic nitrogens is 3. The van der Waals surface area contributed by atoms with Crippen molar-refractivity contribution >= 4 is 28.7 Å². The fourth-order valence-corrected chi connectivity index (χ4v) is 3.88. The molecule has 0 bridgehead atoms. The third-order valence-corrected chi connectivity index (χ3v) is 5.55. The summed E-state index contributed by atoms with van der Waals surface area (Å²) in [6.45, 7) is 5.38. The molecule has 6 heteroatoms. The number of rotatable bonds is 4. The first-order chi connectivity index (χ1) is 14.1. The molecule has 0 amide bonds. The number of benzene rings is 2. The molecule has 3 aromatic rings. The van der Waals surface area contributed by atoms with Gasteiger partial charge in [-0.25, -0.2) is 0 Å². The van der Waals surface area contributed by atoms with Crippen molar-refractivity contribution in [3.63, 3.8) is 0 Å². The minimum Gasteiger partial charge on any atom is -0.332 e. The second-order valence-corrected chi connectivity index (χ2v) is 8.24. The molecule has 0 spiro atoms. The highest BCUT2D eigenvalue weighted by Gasteiger charge is 2.15. The van der Waals surface area contributed by atoms with Crippen LogP contribution in [0.3, 0.4) is 0 Å². The zero-order valence-corrected chi connectivity index (χ0v) is 17.8. The summed E-state index contributed by atoms with van der Waals surface area (Å²) in [6.07, 6.45) is 4.67. The van der Waals surface area contributed by atoms with Gasteiger partial charge in [0.05, 0.1) is 0 Å². The lowest BCUT2D eigenvalue weighted by Gasteiger charge is -2.12.